The van der Waals surface area contributed by atoms with Gasteiger partial charge in [0.15, 0.2) is 0 Å². The van der Waals surface area contributed by atoms with E-state index in [1.165, 1.54) is 10.5 Å². The lowest BCUT2D eigenvalue weighted by Gasteiger charge is -2.22. The molecule has 1 fully saturated rings. The largest absolute Gasteiger partial charge is 0.363 e. The molecule has 0 amide bonds. The molecule has 1 saturated heterocycles. The average molecular weight is 375 g/mol. The lowest BCUT2D eigenvalue weighted by molar-refractivity contribution is 0.414. The van der Waals surface area contributed by atoms with Crippen LogP contribution >= 0.6 is 27.7 Å². The van der Waals surface area contributed by atoms with E-state index in [1.54, 1.807) is 11.8 Å². The molecule has 0 saturated carbocycles. The molecule has 1 unspecified atom stereocenters. The molecular weight excluding hydrogens is 364 g/mol. The fraction of sp³-hybridized carbons (Fsp3) is 0.250. The predicted molar refractivity (Wildman–Crippen MR) is 79.7 cm³/mol. The van der Waals surface area contributed by atoms with Crippen molar-refractivity contribution in [2.45, 2.75) is 10.3 Å². The predicted octanol–water partition coefficient (Wildman–Crippen LogP) is 2.87. The summed E-state index contributed by atoms with van der Waals surface area (Å²) in [7, 11) is -3.56. The SMILES string of the molecule is O=S(=O)(c1cnoc1)N1CCSC1c1ccc(Br)cc1. The summed E-state index contributed by atoms with van der Waals surface area (Å²) in [4.78, 5) is 0.0992. The molecule has 0 spiro atoms. The van der Waals surface area contributed by atoms with Crippen LogP contribution < -0.4 is 0 Å². The van der Waals surface area contributed by atoms with Crippen LogP contribution in [-0.2, 0) is 10.0 Å². The van der Waals surface area contributed by atoms with E-state index in [0.717, 1.165) is 22.1 Å². The lowest BCUT2D eigenvalue weighted by Crippen LogP contribution is -2.30. The van der Waals surface area contributed by atoms with Crippen LogP contribution in [-0.4, -0.2) is 30.2 Å². The Bertz CT molecular complexity index is 686. The molecule has 2 aromatic rings. The van der Waals surface area contributed by atoms with Crippen molar-refractivity contribution < 1.29 is 12.9 Å². The van der Waals surface area contributed by atoms with E-state index in [0.29, 0.717) is 6.54 Å². The molecule has 1 aromatic heterocycles. The van der Waals surface area contributed by atoms with Gasteiger partial charge in [-0.05, 0) is 17.7 Å². The van der Waals surface area contributed by atoms with E-state index < -0.39 is 10.0 Å². The van der Waals surface area contributed by atoms with E-state index in [1.807, 2.05) is 24.3 Å². The maximum absolute atomic E-state index is 12.5. The Morgan fingerprint density at radius 2 is 2.10 bits per heavy atom. The molecule has 106 valence electrons. The zero-order valence-electron chi connectivity index (χ0n) is 10.3. The number of hydrogen-bond donors (Lipinski definition) is 0. The van der Waals surface area contributed by atoms with E-state index in [4.69, 9.17) is 0 Å². The topological polar surface area (TPSA) is 63.4 Å². The standard InChI is InChI=1S/C12H11BrN2O3S2/c13-10-3-1-9(2-4-10)12-15(5-6-19-12)20(16,17)11-7-14-18-8-11/h1-4,7-8,12H,5-6H2. The molecule has 0 N–H and O–H groups in total. The molecule has 0 radical (unpaired) electrons. The number of halogens is 1. The highest BCUT2D eigenvalue weighted by atomic mass is 79.9. The van der Waals surface area contributed by atoms with Gasteiger partial charge in [0.05, 0.1) is 11.6 Å². The normalized spacial score (nSPS) is 20.4. The second-order valence-corrected chi connectivity index (χ2v) is 8.24. The van der Waals surface area contributed by atoms with E-state index in [2.05, 4.69) is 25.6 Å². The van der Waals surface area contributed by atoms with Crippen molar-refractivity contribution in [3.05, 3.63) is 46.8 Å². The molecule has 0 aliphatic carbocycles. The second kappa shape index (κ2) is 5.51. The summed E-state index contributed by atoms with van der Waals surface area (Å²) in [6.07, 6.45) is 2.40. The highest BCUT2D eigenvalue weighted by molar-refractivity contribution is 9.10. The van der Waals surface area contributed by atoms with Crippen LogP contribution in [0.3, 0.4) is 0 Å². The first-order valence-electron chi connectivity index (χ1n) is 5.87. The lowest BCUT2D eigenvalue weighted by atomic mass is 10.2. The molecule has 1 aromatic carbocycles. The third-order valence-electron chi connectivity index (χ3n) is 3.02. The highest BCUT2D eigenvalue weighted by Crippen LogP contribution is 2.41. The average Bonchev–Trinajstić information content (AvgIpc) is 3.11. The van der Waals surface area contributed by atoms with Crippen LogP contribution in [0.15, 0.2) is 50.6 Å². The van der Waals surface area contributed by atoms with Gasteiger partial charge in [0.1, 0.15) is 11.2 Å². The van der Waals surface area contributed by atoms with E-state index in [9.17, 15) is 8.42 Å². The molecule has 1 aliphatic rings. The van der Waals surface area contributed by atoms with E-state index in [-0.39, 0.29) is 10.3 Å². The third kappa shape index (κ3) is 2.52. The molecule has 5 nitrogen and oxygen atoms in total. The highest BCUT2D eigenvalue weighted by Gasteiger charge is 2.37. The Labute approximate surface area is 129 Å². The van der Waals surface area contributed by atoms with Crippen LogP contribution in [0, 0.1) is 0 Å². The van der Waals surface area contributed by atoms with Gasteiger partial charge in [0.25, 0.3) is 0 Å². The summed E-state index contributed by atoms with van der Waals surface area (Å²) in [6, 6.07) is 7.70. The van der Waals surface area contributed by atoms with Crippen molar-refractivity contribution >= 4 is 37.7 Å². The maximum Gasteiger partial charge on any atom is 0.249 e. The maximum atomic E-state index is 12.5. The van der Waals surface area contributed by atoms with Gasteiger partial charge in [-0.1, -0.05) is 33.2 Å². The second-order valence-electron chi connectivity index (χ2n) is 4.25. The van der Waals surface area contributed by atoms with Gasteiger partial charge in [0.2, 0.25) is 10.0 Å². The number of benzene rings is 1. The Kier molecular flexibility index (Phi) is 3.89. The Morgan fingerprint density at radius 1 is 1.35 bits per heavy atom. The van der Waals surface area contributed by atoms with Crippen molar-refractivity contribution in [3.63, 3.8) is 0 Å². The number of nitrogens with zero attached hydrogens (tertiary/aromatic N) is 2. The van der Waals surface area contributed by atoms with Gasteiger partial charge >= 0.3 is 0 Å². The molecule has 1 aliphatic heterocycles. The molecule has 3 rings (SSSR count). The summed E-state index contributed by atoms with van der Waals surface area (Å²) >= 11 is 4.99. The van der Waals surface area contributed by atoms with Crippen molar-refractivity contribution in [1.82, 2.24) is 9.46 Å². The third-order valence-corrected chi connectivity index (χ3v) is 6.75. The minimum atomic E-state index is -3.56. The van der Waals surface area contributed by atoms with Crippen molar-refractivity contribution in [2.75, 3.05) is 12.3 Å². The van der Waals surface area contributed by atoms with Gasteiger partial charge in [-0.25, -0.2) is 8.42 Å². The Morgan fingerprint density at radius 3 is 2.75 bits per heavy atom. The molecule has 0 bridgehead atoms. The summed E-state index contributed by atoms with van der Waals surface area (Å²) < 4.78 is 32.2. The first-order chi connectivity index (χ1) is 9.59. The minimum Gasteiger partial charge on any atom is -0.363 e. The fourth-order valence-corrected chi connectivity index (χ4v) is 5.41. The van der Waals surface area contributed by atoms with Crippen LogP contribution in [0.5, 0.6) is 0 Å². The van der Waals surface area contributed by atoms with Crippen molar-refractivity contribution in [1.29, 1.82) is 0 Å². The Hall–Kier alpha value is -0.830. The van der Waals surface area contributed by atoms with Gasteiger partial charge in [0, 0.05) is 16.8 Å². The summed E-state index contributed by atoms with van der Waals surface area (Å²) in [6.45, 7) is 0.485. The number of aromatic nitrogens is 1. The smallest absolute Gasteiger partial charge is 0.249 e. The molecule has 1 atom stereocenters. The number of rotatable bonds is 3. The van der Waals surface area contributed by atoms with Gasteiger partial charge in [-0.15, -0.1) is 11.8 Å². The number of hydrogen-bond acceptors (Lipinski definition) is 5. The van der Waals surface area contributed by atoms with Crippen LogP contribution in [0.25, 0.3) is 0 Å². The fourth-order valence-electron chi connectivity index (χ4n) is 2.05. The van der Waals surface area contributed by atoms with Crippen LogP contribution in [0.2, 0.25) is 0 Å². The zero-order valence-corrected chi connectivity index (χ0v) is 13.5. The van der Waals surface area contributed by atoms with Gasteiger partial charge in [-0.2, -0.15) is 4.31 Å². The molecule has 8 heteroatoms. The van der Waals surface area contributed by atoms with Gasteiger partial charge in [-0.3, -0.25) is 0 Å². The number of sulfonamides is 1. The monoisotopic (exact) mass is 374 g/mol. The van der Waals surface area contributed by atoms with Crippen molar-refractivity contribution in [3.8, 4) is 0 Å². The summed E-state index contributed by atoms with van der Waals surface area (Å²) in [5.41, 5.74) is 0.968. The first-order valence-corrected chi connectivity index (χ1v) is 9.15. The Balaban J connectivity index is 1.95. The van der Waals surface area contributed by atoms with Crippen LogP contribution in [0.1, 0.15) is 10.9 Å². The van der Waals surface area contributed by atoms with Crippen molar-refractivity contribution in [2.24, 2.45) is 0 Å². The first kappa shape index (κ1) is 14.1. The van der Waals surface area contributed by atoms with Gasteiger partial charge < -0.3 is 4.52 Å². The van der Waals surface area contributed by atoms with Crippen LogP contribution in [0.4, 0.5) is 0 Å². The number of thioether (sulfide) groups is 1. The molecule has 2 heterocycles. The minimum absolute atomic E-state index is 0.0992. The van der Waals surface area contributed by atoms with E-state index >= 15 is 0 Å². The molecule has 20 heavy (non-hydrogen) atoms. The molecular formula is C12H11BrN2O3S2. The summed E-state index contributed by atoms with van der Waals surface area (Å²) in [5.74, 6) is 0.769. The quantitative estimate of drug-likeness (QED) is 0.826. The zero-order chi connectivity index (χ0) is 14.2. The summed E-state index contributed by atoms with van der Waals surface area (Å²) in [5, 5.41) is 3.27.